The lowest BCUT2D eigenvalue weighted by molar-refractivity contribution is -0.116. The van der Waals surface area contributed by atoms with Gasteiger partial charge in [0.1, 0.15) is 0 Å². The summed E-state index contributed by atoms with van der Waals surface area (Å²) < 4.78 is 0. The van der Waals surface area contributed by atoms with Crippen molar-refractivity contribution in [1.29, 1.82) is 0 Å². The smallest absolute Gasteiger partial charge is 0.163 e. The molecule has 0 fully saturated rings. The van der Waals surface area contributed by atoms with Gasteiger partial charge < -0.3 is 10.6 Å². The van der Waals surface area contributed by atoms with E-state index in [1.54, 1.807) is 0 Å². The summed E-state index contributed by atoms with van der Waals surface area (Å²) in [5.74, 6) is 0.243. The number of hydrogen-bond donors (Lipinski definition) is 2. The van der Waals surface area contributed by atoms with Crippen molar-refractivity contribution >= 4 is 40.4 Å². The van der Waals surface area contributed by atoms with Crippen LogP contribution in [-0.2, 0) is 4.79 Å². The summed E-state index contributed by atoms with van der Waals surface area (Å²) in [6.07, 6.45) is 1.21. The molecule has 0 radical (unpaired) electrons. The highest BCUT2D eigenvalue weighted by Gasteiger charge is 2.37. The summed E-state index contributed by atoms with van der Waals surface area (Å²) in [7, 11) is 0. The highest BCUT2D eigenvalue weighted by molar-refractivity contribution is 6.36. The number of aryl methyl sites for hydroxylation is 1. The van der Waals surface area contributed by atoms with Gasteiger partial charge in [-0.05, 0) is 49.1 Å². The molecule has 5 heteroatoms. The van der Waals surface area contributed by atoms with E-state index in [9.17, 15) is 4.79 Å². The molecule has 2 atom stereocenters. The summed E-state index contributed by atoms with van der Waals surface area (Å²) in [5, 5.41) is 8.18. The van der Waals surface area contributed by atoms with E-state index in [-0.39, 0.29) is 11.7 Å². The molecule has 0 saturated carbocycles. The van der Waals surface area contributed by atoms with Crippen LogP contribution >= 0.6 is 23.2 Å². The van der Waals surface area contributed by atoms with Gasteiger partial charge in [-0.15, -0.1) is 0 Å². The zero-order valence-electron chi connectivity index (χ0n) is 17.1. The van der Waals surface area contributed by atoms with E-state index < -0.39 is 6.04 Å². The second-order valence-corrected chi connectivity index (χ2v) is 9.03. The molecule has 3 aromatic carbocycles. The highest BCUT2D eigenvalue weighted by Crippen LogP contribution is 2.46. The van der Waals surface area contributed by atoms with Crippen LogP contribution in [-0.4, -0.2) is 5.78 Å². The first-order chi connectivity index (χ1) is 15.0. The van der Waals surface area contributed by atoms with Crippen molar-refractivity contribution in [2.75, 3.05) is 10.6 Å². The Labute approximate surface area is 192 Å². The number of allylic oxidation sites excluding steroid dienone is 1. The SMILES string of the molecule is Cc1ccc(C2CC(=O)C3=C(C2)Nc2ccccc2NC3c2c(Cl)cccc2Cl)cc1. The number of benzene rings is 3. The molecular weight excluding hydrogens is 427 g/mol. The Hall–Kier alpha value is -2.75. The van der Waals surface area contributed by atoms with Crippen molar-refractivity contribution in [3.8, 4) is 0 Å². The molecule has 31 heavy (non-hydrogen) atoms. The number of para-hydroxylation sites is 2. The Bertz CT molecular complexity index is 1180. The largest absolute Gasteiger partial charge is 0.372 e. The number of ketones is 1. The molecule has 1 heterocycles. The molecule has 0 saturated heterocycles. The molecule has 156 valence electrons. The summed E-state index contributed by atoms with van der Waals surface area (Å²) in [4.78, 5) is 13.6. The quantitative estimate of drug-likeness (QED) is 0.432. The standard InChI is InChI=1S/C26H22Cl2N2O/c1-15-9-11-16(12-10-15)17-13-22-25(23(31)14-17)26(24-18(27)5-4-6-19(24)28)30-21-8-3-2-7-20(21)29-22/h2-12,17,26,29-30H,13-14H2,1H3. The first-order valence-electron chi connectivity index (χ1n) is 10.4. The molecule has 2 N–H and O–H groups in total. The van der Waals surface area contributed by atoms with Crippen LogP contribution in [0.4, 0.5) is 11.4 Å². The number of Topliss-reactive ketones (excluding diaryl/α,β-unsaturated/α-hetero) is 1. The van der Waals surface area contributed by atoms with Gasteiger partial charge in [0.2, 0.25) is 0 Å². The molecule has 0 spiro atoms. The average molecular weight is 449 g/mol. The first-order valence-corrected chi connectivity index (χ1v) is 11.2. The fourth-order valence-corrected chi connectivity index (χ4v) is 5.19. The zero-order chi connectivity index (χ0) is 21.5. The van der Waals surface area contributed by atoms with Crippen molar-refractivity contribution in [3.63, 3.8) is 0 Å². The number of anilines is 2. The Kier molecular flexibility index (Phi) is 5.25. The van der Waals surface area contributed by atoms with E-state index in [4.69, 9.17) is 23.2 Å². The van der Waals surface area contributed by atoms with Gasteiger partial charge in [0, 0.05) is 33.3 Å². The minimum Gasteiger partial charge on any atom is -0.372 e. The Morgan fingerprint density at radius 1 is 0.839 bits per heavy atom. The van der Waals surface area contributed by atoms with Crippen LogP contribution < -0.4 is 10.6 Å². The van der Waals surface area contributed by atoms with Crippen molar-refractivity contribution in [2.24, 2.45) is 0 Å². The third-order valence-electron chi connectivity index (χ3n) is 6.15. The fraction of sp³-hybridized carbons (Fsp3) is 0.192. The molecule has 3 nitrogen and oxygen atoms in total. The zero-order valence-corrected chi connectivity index (χ0v) is 18.6. The Morgan fingerprint density at radius 3 is 2.23 bits per heavy atom. The van der Waals surface area contributed by atoms with Crippen molar-refractivity contribution in [2.45, 2.75) is 31.7 Å². The molecule has 0 amide bonds. The lowest BCUT2D eigenvalue weighted by Crippen LogP contribution is -2.27. The molecule has 3 aromatic rings. The van der Waals surface area contributed by atoms with Crippen LogP contribution in [0.5, 0.6) is 0 Å². The number of hydrogen-bond acceptors (Lipinski definition) is 3. The third-order valence-corrected chi connectivity index (χ3v) is 6.81. The predicted molar refractivity (Wildman–Crippen MR) is 128 cm³/mol. The first kappa shape index (κ1) is 20.2. The predicted octanol–water partition coefficient (Wildman–Crippen LogP) is 7.28. The van der Waals surface area contributed by atoms with Gasteiger partial charge in [-0.1, -0.05) is 71.2 Å². The maximum atomic E-state index is 13.6. The second-order valence-electron chi connectivity index (χ2n) is 8.21. The van der Waals surface area contributed by atoms with Crippen LogP contribution in [0.1, 0.15) is 41.5 Å². The van der Waals surface area contributed by atoms with E-state index in [0.717, 1.165) is 34.6 Å². The highest BCUT2D eigenvalue weighted by atomic mass is 35.5. The number of rotatable bonds is 2. The Morgan fingerprint density at radius 2 is 1.52 bits per heavy atom. The van der Waals surface area contributed by atoms with E-state index in [1.807, 2.05) is 42.5 Å². The van der Waals surface area contributed by atoms with Gasteiger partial charge in [-0.25, -0.2) is 0 Å². The van der Waals surface area contributed by atoms with Crippen molar-refractivity contribution in [1.82, 2.24) is 0 Å². The number of nitrogens with one attached hydrogen (secondary N) is 2. The van der Waals surface area contributed by atoms with Crippen LogP contribution in [0, 0.1) is 6.92 Å². The van der Waals surface area contributed by atoms with Gasteiger partial charge in [-0.3, -0.25) is 4.79 Å². The minimum atomic E-state index is -0.418. The van der Waals surface area contributed by atoms with Crippen molar-refractivity contribution < 1.29 is 4.79 Å². The average Bonchev–Trinajstić information content (AvgIpc) is 2.91. The number of fused-ring (bicyclic) bond motifs is 1. The van der Waals surface area contributed by atoms with Gasteiger partial charge in [0.05, 0.1) is 17.4 Å². The van der Waals surface area contributed by atoms with E-state index in [0.29, 0.717) is 16.5 Å². The van der Waals surface area contributed by atoms with E-state index in [1.165, 1.54) is 11.1 Å². The van der Waals surface area contributed by atoms with Crippen molar-refractivity contribution in [3.05, 3.63) is 105 Å². The van der Waals surface area contributed by atoms with Crippen LogP contribution in [0.15, 0.2) is 78.0 Å². The van der Waals surface area contributed by atoms with Gasteiger partial charge in [-0.2, -0.15) is 0 Å². The number of carbonyl (C=O) groups excluding carboxylic acids is 1. The maximum Gasteiger partial charge on any atom is 0.163 e. The van der Waals surface area contributed by atoms with Gasteiger partial charge in [0.25, 0.3) is 0 Å². The van der Waals surface area contributed by atoms with Gasteiger partial charge in [0.15, 0.2) is 5.78 Å². The third kappa shape index (κ3) is 3.73. The molecular formula is C26H22Cl2N2O. The molecule has 1 aliphatic heterocycles. The summed E-state index contributed by atoms with van der Waals surface area (Å²) in [5.41, 5.74) is 6.64. The maximum absolute atomic E-state index is 13.6. The van der Waals surface area contributed by atoms with Crippen LogP contribution in [0.2, 0.25) is 10.0 Å². The van der Waals surface area contributed by atoms with E-state index in [2.05, 4.69) is 41.8 Å². The van der Waals surface area contributed by atoms with Gasteiger partial charge >= 0.3 is 0 Å². The number of carbonyl (C=O) groups is 1. The molecule has 2 unspecified atom stereocenters. The molecule has 0 bridgehead atoms. The summed E-state index contributed by atoms with van der Waals surface area (Å²) >= 11 is 13.2. The molecule has 0 aromatic heterocycles. The Balaban J connectivity index is 1.64. The van der Waals surface area contributed by atoms with Crippen LogP contribution in [0.3, 0.4) is 0 Å². The lowest BCUT2D eigenvalue weighted by Gasteiger charge is -2.30. The summed E-state index contributed by atoms with van der Waals surface area (Å²) in [6.45, 7) is 2.07. The fourth-order valence-electron chi connectivity index (χ4n) is 4.57. The summed E-state index contributed by atoms with van der Waals surface area (Å²) in [6, 6.07) is 21.5. The minimum absolute atomic E-state index is 0.112. The molecule has 5 rings (SSSR count). The normalized spacial score (nSPS) is 20.3. The van der Waals surface area contributed by atoms with E-state index >= 15 is 0 Å². The number of halogens is 2. The lowest BCUT2D eigenvalue weighted by atomic mass is 9.78. The molecule has 2 aliphatic rings. The topological polar surface area (TPSA) is 41.1 Å². The monoisotopic (exact) mass is 448 g/mol. The van der Waals surface area contributed by atoms with Crippen LogP contribution in [0.25, 0.3) is 0 Å². The molecule has 1 aliphatic carbocycles. The second kappa shape index (κ2) is 8.07.